The van der Waals surface area contributed by atoms with E-state index in [4.69, 9.17) is 23.7 Å². The highest BCUT2D eigenvalue weighted by molar-refractivity contribution is 7.86. The van der Waals surface area contributed by atoms with Gasteiger partial charge in [0.1, 0.15) is 0 Å². The van der Waals surface area contributed by atoms with Crippen LogP contribution < -0.4 is 0 Å². The molecule has 0 aliphatic rings. The van der Waals surface area contributed by atoms with Gasteiger partial charge in [0.05, 0.1) is 71.6 Å². The maximum Gasteiger partial charge on any atom is 0.311 e. The summed E-state index contributed by atoms with van der Waals surface area (Å²) in [6.45, 7) is 15.9. The van der Waals surface area contributed by atoms with Crippen LogP contribution >= 0.6 is 0 Å². The Hall–Kier alpha value is -2.83. The number of hydrogen-bond donors (Lipinski definition) is 2. The largest absolute Gasteiger partial charge is 0.465 e. The zero-order valence-corrected chi connectivity index (χ0v) is 36.8. The van der Waals surface area contributed by atoms with E-state index in [1.165, 1.54) is 20.8 Å². The molecule has 56 heavy (non-hydrogen) atoms. The Morgan fingerprint density at radius 3 is 1.07 bits per heavy atom. The summed E-state index contributed by atoms with van der Waals surface area (Å²) in [5, 5.41) is 0. The molecule has 0 aromatic rings. The molecule has 4 atom stereocenters. The molecule has 0 radical (unpaired) electrons. The Morgan fingerprint density at radius 1 is 0.429 bits per heavy atom. The van der Waals surface area contributed by atoms with Crippen molar-refractivity contribution < 1.29 is 73.6 Å². The second-order valence-corrected chi connectivity index (χ2v) is 19.6. The van der Waals surface area contributed by atoms with Gasteiger partial charge in [0.15, 0.2) is 0 Å². The predicted octanol–water partition coefficient (Wildman–Crippen LogP) is 5.90. The van der Waals surface area contributed by atoms with Crippen molar-refractivity contribution in [3.8, 4) is 0 Å². The van der Waals surface area contributed by atoms with E-state index in [1.54, 1.807) is 27.7 Å². The van der Waals surface area contributed by atoms with E-state index >= 15 is 0 Å². The van der Waals surface area contributed by atoms with Crippen LogP contribution in [0.15, 0.2) is 0 Å². The molecule has 0 aliphatic heterocycles. The van der Waals surface area contributed by atoms with Crippen molar-refractivity contribution in [3.63, 3.8) is 0 Å². The van der Waals surface area contributed by atoms with Crippen molar-refractivity contribution in [3.05, 3.63) is 0 Å². The smallest absolute Gasteiger partial charge is 0.311 e. The molecule has 18 heteroatoms. The lowest BCUT2D eigenvalue weighted by molar-refractivity contribution is -0.174. The molecule has 4 unspecified atom stereocenters. The van der Waals surface area contributed by atoms with Gasteiger partial charge in [0.25, 0.3) is 20.2 Å². The quantitative estimate of drug-likeness (QED) is 0.0385. The molecule has 2 N–H and O–H groups in total. The molecular weight excluding hydrogens is 777 g/mol. The zero-order valence-electron chi connectivity index (χ0n) is 35.2. The van der Waals surface area contributed by atoms with Crippen molar-refractivity contribution in [2.45, 2.75) is 140 Å². The lowest BCUT2D eigenvalue weighted by Gasteiger charge is -2.44. The fourth-order valence-corrected chi connectivity index (χ4v) is 7.96. The summed E-state index contributed by atoms with van der Waals surface area (Å²) in [5.74, 6) is -5.16. The predicted molar refractivity (Wildman–Crippen MR) is 207 cm³/mol. The van der Waals surface area contributed by atoms with Crippen molar-refractivity contribution in [1.29, 1.82) is 0 Å². The minimum atomic E-state index is -4.37. The van der Waals surface area contributed by atoms with Crippen LogP contribution in [0.25, 0.3) is 0 Å². The molecule has 0 saturated heterocycles. The van der Waals surface area contributed by atoms with Crippen LogP contribution in [0.4, 0.5) is 0 Å². The first-order valence-electron chi connectivity index (χ1n) is 19.4. The van der Waals surface area contributed by atoms with Crippen LogP contribution in [0.3, 0.4) is 0 Å². The van der Waals surface area contributed by atoms with E-state index in [9.17, 15) is 49.9 Å². The van der Waals surface area contributed by atoms with Crippen LogP contribution in [0, 0.1) is 27.1 Å². The van der Waals surface area contributed by atoms with Crippen molar-refractivity contribution >= 4 is 50.1 Å². The van der Waals surface area contributed by atoms with Gasteiger partial charge in [-0.25, -0.2) is 0 Å². The van der Waals surface area contributed by atoms with Crippen LogP contribution in [0.2, 0.25) is 0 Å². The molecule has 0 heterocycles. The van der Waals surface area contributed by atoms with Gasteiger partial charge in [-0.1, -0.05) is 34.1 Å². The number of unbranched alkanes of at least 4 members (excludes halogenated alkanes) is 1. The van der Waals surface area contributed by atoms with Crippen molar-refractivity contribution in [2.24, 2.45) is 27.1 Å². The number of rotatable bonds is 29. The third-order valence-corrected chi connectivity index (χ3v) is 11.3. The first kappa shape index (κ1) is 53.2. The summed E-state index contributed by atoms with van der Waals surface area (Å²) in [6.07, 6.45) is 0.770. The maximum absolute atomic E-state index is 14.3. The van der Waals surface area contributed by atoms with Crippen LogP contribution in [0.5, 0.6) is 0 Å². The van der Waals surface area contributed by atoms with Gasteiger partial charge in [-0.2, -0.15) is 16.8 Å². The van der Waals surface area contributed by atoms with Gasteiger partial charge in [-0.3, -0.25) is 33.1 Å². The van der Waals surface area contributed by atoms with Gasteiger partial charge in [0.2, 0.25) is 0 Å². The number of esters is 5. The van der Waals surface area contributed by atoms with E-state index in [-0.39, 0.29) is 64.8 Å². The summed E-state index contributed by atoms with van der Waals surface area (Å²) in [7, 11) is -8.73. The Labute approximate surface area is 334 Å². The van der Waals surface area contributed by atoms with Gasteiger partial charge in [-0.05, 0) is 106 Å². The second kappa shape index (κ2) is 22.9. The fraction of sp³-hybridized carbons (Fsp3) is 0.868. The second-order valence-electron chi connectivity index (χ2n) is 16.5. The molecule has 328 valence electrons. The highest BCUT2D eigenvalue weighted by atomic mass is 32.2. The molecule has 0 saturated carbocycles. The minimum absolute atomic E-state index is 0.00334. The third kappa shape index (κ3) is 18.6. The van der Waals surface area contributed by atoms with E-state index in [1.807, 2.05) is 20.8 Å². The first-order chi connectivity index (χ1) is 25.6. The summed E-state index contributed by atoms with van der Waals surface area (Å²) in [4.78, 5) is 69.4. The molecule has 0 aliphatic carbocycles. The van der Waals surface area contributed by atoms with E-state index in [0.717, 1.165) is 0 Å². The summed E-state index contributed by atoms with van der Waals surface area (Å²) in [5.41, 5.74) is -7.74. The molecule has 0 bridgehead atoms. The first-order valence-corrected chi connectivity index (χ1v) is 22.6. The number of ether oxygens (including phenoxy) is 5. The molecule has 0 aromatic heterocycles. The van der Waals surface area contributed by atoms with Gasteiger partial charge < -0.3 is 23.7 Å². The number of carbonyl (C=O) groups excluding carboxylic acids is 5. The van der Waals surface area contributed by atoms with Crippen molar-refractivity contribution in [1.82, 2.24) is 0 Å². The fourth-order valence-electron chi connectivity index (χ4n) is 7.00. The monoisotopic (exact) mass is 844 g/mol. The summed E-state index contributed by atoms with van der Waals surface area (Å²) in [6, 6.07) is 0. The summed E-state index contributed by atoms with van der Waals surface area (Å²) >= 11 is 0. The number of hydrogen-bond acceptors (Lipinski definition) is 14. The molecule has 0 fully saturated rings. The van der Waals surface area contributed by atoms with Crippen LogP contribution in [-0.4, -0.2) is 100 Å². The molecule has 0 spiro atoms. The normalized spacial score (nSPS) is 16.6. The molecule has 0 aromatic carbocycles. The van der Waals surface area contributed by atoms with E-state index < -0.39 is 102 Å². The highest BCUT2D eigenvalue weighted by Gasteiger charge is 2.55. The lowest BCUT2D eigenvalue weighted by Crippen LogP contribution is -2.49. The average Bonchev–Trinajstić information content (AvgIpc) is 3.08. The SMILES string of the molecule is CCCCOC(=O)C(C)(CC(C)(CC(C)(C)C(=O)OCCC)C(=O)OCCCS(=O)(=O)O)CC(C)(CC(C)(CC)C(=O)OCCC)C(=O)OCCCS(=O)(=O)O. The Morgan fingerprint density at radius 2 is 0.732 bits per heavy atom. The lowest BCUT2D eigenvalue weighted by atomic mass is 9.59. The van der Waals surface area contributed by atoms with Gasteiger partial charge in [-0.15, -0.1) is 0 Å². The molecule has 0 amide bonds. The topological polar surface area (TPSA) is 240 Å². The van der Waals surface area contributed by atoms with E-state index in [0.29, 0.717) is 25.7 Å². The van der Waals surface area contributed by atoms with Crippen LogP contribution in [-0.2, 0) is 67.9 Å². The maximum atomic E-state index is 14.3. The zero-order chi connectivity index (χ0) is 43.7. The molecule has 16 nitrogen and oxygen atoms in total. The summed E-state index contributed by atoms with van der Waals surface area (Å²) < 4.78 is 91.5. The highest BCUT2D eigenvalue weighted by Crippen LogP contribution is 2.52. The molecule has 0 rings (SSSR count). The Kier molecular flexibility index (Phi) is 21.8. The number of carbonyl (C=O) groups is 5. The van der Waals surface area contributed by atoms with Crippen LogP contribution in [0.1, 0.15) is 140 Å². The van der Waals surface area contributed by atoms with Gasteiger partial charge in [0, 0.05) is 0 Å². The standard InChI is InChI=1S/C38H68O16S2/c1-11-15-20-52-33(43)38(10,27-36(8,25-34(5,6)29(39)50-18-12-2)31(41)53-21-16-23-55(44,45)46)28-37(9,32(42)54-22-17-24-56(47,48)49)26-35(7,14-4)30(40)51-19-13-3/h11-28H2,1-10H3,(H,44,45,46)(H,47,48,49). The van der Waals surface area contributed by atoms with Crippen molar-refractivity contribution in [2.75, 3.05) is 44.5 Å². The van der Waals surface area contributed by atoms with Gasteiger partial charge >= 0.3 is 29.8 Å². The molecular formula is C38H68O16S2. The Bertz CT molecular complexity index is 1530. The minimum Gasteiger partial charge on any atom is -0.465 e. The Balaban J connectivity index is 7.48. The van der Waals surface area contributed by atoms with E-state index in [2.05, 4.69) is 0 Å². The average molecular weight is 845 g/mol. The third-order valence-electron chi connectivity index (χ3n) is 9.64.